The van der Waals surface area contributed by atoms with Crippen LogP contribution in [0.15, 0.2) is 49.3 Å². The number of phenolic OH excluding ortho intramolecular Hbond substituents is 1. The number of phenols is 1. The summed E-state index contributed by atoms with van der Waals surface area (Å²) in [7, 11) is 0. The third kappa shape index (κ3) is 3.27. The molecule has 2 fully saturated rings. The Labute approximate surface area is 168 Å². The number of alkyl halides is 1. The molecule has 2 aliphatic rings. The van der Waals surface area contributed by atoms with E-state index in [0.29, 0.717) is 28.6 Å². The van der Waals surface area contributed by atoms with Crippen LogP contribution in [-0.2, 0) is 0 Å². The van der Waals surface area contributed by atoms with Crippen molar-refractivity contribution in [1.29, 1.82) is 0 Å². The Hall–Kier alpha value is -2.86. The molecule has 0 aliphatic carbocycles. The summed E-state index contributed by atoms with van der Waals surface area (Å²) < 4.78 is 15.0. The molecule has 2 aromatic heterocycles. The number of nitrogens with one attached hydrogen (secondary N) is 1. The minimum atomic E-state index is -0.946. The highest BCUT2D eigenvalue weighted by Crippen LogP contribution is 2.39. The zero-order valence-electron chi connectivity index (χ0n) is 16.1. The van der Waals surface area contributed by atoms with Crippen molar-refractivity contribution in [3.05, 3.63) is 55.0 Å². The van der Waals surface area contributed by atoms with Gasteiger partial charge in [0.1, 0.15) is 11.9 Å². The van der Waals surface area contributed by atoms with Crippen LogP contribution in [0.5, 0.6) is 5.75 Å². The number of halogens is 1. The van der Waals surface area contributed by atoms with Gasteiger partial charge in [0.05, 0.1) is 11.4 Å². The molecule has 2 aliphatic heterocycles. The maximum Gasteiger partial charge on any atom is 0.125 e. The largest absolute Gasteiger partial charge is 0.507 e. The van der Waals surface area contributed by atoms with E-state index in [1.165, 1.54) is 0 Å². The Balaban J connectivity index is 1.42. The first-order valence-corrected chi connectivity index (χ1v) is 10.1. The standard InChI is InChI=1S/C23H23FN4O/c1-13(17-11-16-3-2-4-21(26-16)23(17)24)19-5-6-20(28-27-19)18-9-14-7-8-25-12-15(14)10-22(18)29/h5-10,12,16-17,21,23,26,29H,1-4,11H2/t16-,17+,21+,23+/m1/s1. The molecule has 0 amide bonds. The Morgan fingerprint density at radius 2 is 2.03 bits per heavy atom. The van der Waals surface area contributed by atoms with Crippen molar-refractivity contribution in [3.8, 4) is 17.0 Å². The lowest BCUT2D eigenvalue weighted by molar-refractivity contribution is 0.0982. The van der Waals surface area contributed by atoms with Gasteiger partial charge in [-0.2, -0.15) is 5.10 Å². The maximum atomic E-state index is 15.0. The van der Waals surface area contributed by atoms with E-state index in [9.17, 15) is 9.50 Å². The molecule has 0 unspecified atom stereocenters. The first kappa shape index (κ1) is 18.2. The molecular formula is C23H23FN4O. The zero-order valence-corrected chi connectivity index (χ0v) is 16.1. The van der Waals surface area contributed by atoms with Crippen molar-refractivity contribution in [2.24, 2.45) is 5.92 Å². The van der Waals surface area contributed by atoms with Crippen LogP contribution in [0.25, 0.3) is 27.6 Å². The van der Waals surface area contributed by atoms with Crippen LogP contribution >= 0.6 is 0 Å². The van der Waals surface area contributed by atoms with Crippen molar-refractivity contribution in [3.63, 3.8) is 0 Å². The van der Waals surface area contributed by atoms with Crippen molar-refractivity contribution in [2.75, 3.05) is 0 Å². The van der Waals surface area contributed by atoms with E-state index in [0.717, 1.165) is 36.5 Å². The van der Waals surface area contributed by atoms with E-state index in [1.807, 2.05) is 24.3 Å². The van der Waals surface area contributed by atoms with Crippen LogP contribution in [0.3, 0.4) is 0 Å². The number of aromatic nitrogens is 3. The van der Waals surface area contributed by atoms with Crippen LogP contribution in [0.1, 0.15) is 31.4 Å². The number of hydrogen-bond donors (Lipinski definition) is 2. The van der Waals surface area contributed by atoms with Crippen molar-refractivity contribution in [2.45, 2.75) is 43.9 Å². The quantitative estimate of drug-likeness (QED) is 0.699. The fraction of sp³-hybridized carbons (Fsp3) is 0.348. The molecule has 1 aromatic carbocycles. The van der Waals surface area contributed by atoms with Crippen LogP contribution in [0.4, 0.5) is 4.39 Å². The lowest BCUT2D eigenvalue weighted by Gasteiger charge is -2.43. The van der Waals surface area contributed by atoms with E-state index >= 15 is 0 Å². The second kappa shape index (κ2) is 7.19. The monoisotopic (exact) mass is 390 g/mol. The van der Waals surface area contributed by atoms with Crippen LogP contribution in [0, 0.1) is 5.92 Å². The van der Waals surface area contributed by atoms with Gasteiger partial charge >= 0.3 is 0 Å². The van der Waals surface area contributed by atoms with Gasteiger partial charge in [-0.15, -0.1) is 5.10 Å². The third-order valence-corrected chi connectivity index (χ3v) is 6.30. The predicted octanol–water partition coefficient (Wildman–Crippen LogP) is 4.28. The van der Waals surface area contributed by atoms with Gasteiger partial charge in [-0.05, 0) is 60.6 Å². The van der Waals surface area contributed by atoms with Gasteiger partial charge in [0.2, 0.25) is 0 Å². The number of fused-ring (bicyclic) bond motifs is 3. The third-order valence-electron chi connectivity index (χ3n) is 6.30. The number of pyridine rings is 1. The average molecular weight is 390 g/mol. The van der Waals surface area contributed by atoms with Gasteiger partial charge in [-0.25, -0.2) is 4.39 Å². The Bertz CT molecular complexity index is 1070. The summed E-state index contributed by atoms with van der Waals surface area (Å²) in [5, 5.41) is 24.3. The predicted molar refractivity (Wildman–Crippen MR) is 111 cm³/mol. The lowest BCUT2D eigenvalue weighted by atomic mass is 9.75. The highest BCUT2D eigenvalue weighted by Gasteiger charge is 2.41. The van der Waals surface area contributed by atoms with E-state index < -0.39 is 6.17 Å². The fourth-order valence-electron chi connectivity index (χ4n) is 4.71. The van der Waals surface area contributed by atoms with Crippen molar-refractivity contribution in [1.82, 2.24) is 20.5 Å². The number of benzene rings is 1. The molecule has 2 saturated heterocycles. The number of hydrogen-bond acceptors (Lipinski definition) is 5. The summed E-state index contributed by atoms with van der Waals surface area (Å²) in [5.74, 6) is -0.102. The summed E-state index contributed by atoms with van der Waals surface area (Å²) >= 11 is 0. The van der Waals surface area contributed by atoms with E-state index in [-0.39, 0.29) is 17.7 Å². The average Bonchev–Trinajstić information content (AvgIpc) is 2.76. The number of piperidine rings is 2. The molecule has 0 radical (unpaired) electrons. The summed E-state index contributed by atoms with van der Waals surface area (Å²) in [5.41, 5.74) is 2.50. The molecule has 0 saturated carbocycles. The SMILES string of the molecule is C=C(c1ccc(-c2cc3ccncc3cc2O)nn1)[C@@H]1C[C@H]2CCC[C@H](N2)[C@H]1F. The summed E-state index contributed by atoms with van der Waals surface area (Å²) in [6.45, 7) is 4.16. The smallest absolute Gasteiger partial charge is 0.125 e. The molecule has 29 heavy (non-hydrogen) atoms. The number of rotatable bonds is 3. The first-order valence-electron chi connectivity index (χ1n) is 10.1. The van der Waals surface area contributed by atoms with Gasteiger partial charge < -0.3 is 10.4 Å². The summed E-state index contributed by atoms with van der Waals surface area (Å²) in [4.78, 5) is 4.07. The Kier molecular flexibility index (Phi) is 4.51. The van der Waals surface area contributed by atoms with E-state index in [1.54, 1.807) is 18.5 Å². The normalized spacial score (nSPS) is 26.4. The molecule has 5 nitrogen and oxygen atoms in total. The number of allylic oxidation sites excluding steroid dienone is 1. The zero-order chi connectivity index (χ0) is 20.0. The highest BCUT2D eigenvalue weighted by atomic mass is 19.1. The Morgan fingerprint density at radius 1 is 1.14 bits per heavy atom. The second-order valence-corrected chi connectivity index (χ2v) is 8.11. The fourth-order valence-corrected chi connectivity index (χ4v) is 4.71. The molecule has 4 atom stereocenters. The van der Waals surface area contributed by atoms with E-state index in [4.69, 9.17) is 0 Å². The van der Waals surface area contributed by atoms with E-state index in [2.05, 4.69) is 27.1 Å². The molecule has 2 bridgehead atoms. The van der Waals surface area contributed by atoms with Gasteiger partial charge in [-0.3, -0.25) is 4.98 Å². The molecule has 148 valence electrons. The number of aromatic hydroxyl groups is 1. The molecule has 3 aromatic rings. The van der Waals surface area contributed by atoms with Crippen LogP contribution < -0.4 is 5.32 Å². The Morgan fingerprint density at radius 3 is 2.86 bits per heavy atom. The van der Waals surface area contributed by atoms with Crippen LogP contribution in [0.2, 0.25) is 0 Å². The number of nitrogens with zero attached hydrogens (tertiary/aromatic N) is 3. The van der Waals surface area contributed by atoms with Crippen molar-refractivity contribution < 1.29 is 9.50 Å². The van der Waals surface area contributed by atoms with Gasteiger partial charge in [0.15, 0.2) is 0 Å². The second-order valence-electron chi connectivity index (χ2n) is 8.11. The molecule has 0 spiro atoms. The van der Waals surface area contributed by atoms with Crippen molar-refractivity contribution >= 4 is 16.3 Å². The minimum Gasteiger partial charge on any atom is -0.507 e. The highest BCUT2D eigenvalue weighted by molar-refractivity contribution is 5.89. The summed E-state index contributed by atoms with van der Waals surface area (Å²) in [6, 6.07) is 9.34. The first-order chi connectivity index (χ1) is 14.1. The minimum absolute atomic E-state index is 0.0829. The molecular weight excluding hydrogens is 367 g/mol. The molecule has 5 rings (SSSR count). The summed E-state index contributed by atoms with van der Waals surface area (Å²) in [6.07, 6.45) is 6.28. The molecule has 4 heterocycles. The topological polar surface area (TPSA) is 70.9 Å². The van der Waals surface area contributed by atoms with Gasteiger partial charge in [0.25, 0.3) is 0 Å². The molecule has 6 heteroatoms. The lowest BCUT2D eigenvalue weighted by Crippen LogP contribution is -2.55. The molecule has 2 N–H and O–H groups in total. The van der Waals surface area contributed by atoms with Gasteiger partial charge in [-0.1, -0.05) is 13.0 Å². The van der Waals surface area contributed by atoms with Crippen LogP contribution in [-0.4, -0.2) is 38.5 Å². The maximum absolute atomic E-state index is 15.0. The van der Waals surface area contributed by atoms with Gasteiger partial charge in [0, 0.05) is 41.3 Å².